The SMILES string of the molecule is Cc1cnc(CO)c(N2CCC3(CCCC3NC(=O)O)CC2)n1. The van der Waals surface area contributed by atoms with Crippen molar-refractivity contribution in [2.24, 2.45) is 5.41 Å². The molecule has 2 fully saturated rings. The zero-order valence-corrected chi connectivity index (χ0v) is 13.5. The summed E-state index contributed by atoms with van der Waals surface area (Å²) in [5, 5.41) is 21.2. The van der Waals surface area contributed by atoms with Gasteiger partial charge in [0.15, 0.2) is 5.82 Å². The molecule has 0 bridgehead atoms. The number of piperidine rings is 1. The van der Waals surface area contributed by atoms with Crippen molar-refractivity contribution in [1.82, 2.24) is 15.3 Å². The molecule has 0 aromatic carbocycles. The second-order valence-electron chi connectivity index (χ2n) is 6.68. The van der Waals surface area contributed by atoms with Gasteiger partial charge < -0.3 is 20.4 Å². The second kappa shape index (κ2) is 6.31. The quantitative estimate of drug-likeness (QED) is 0.784. The Bertz CT molecular complexity index is 585. The topological polar surface area (TPSA) is 98.6 Å². The Labute approximate surface area is 135 Å². The van der Waals surface area contributed by atoms with Crippen LogP contribution in [0.15, 0.2) is 6.20 Å². The second-order valence-corrected chi connectivity index (χ2v) is 6.68. The van der Waals surface area contributed by atoms with Crippen LogP contribution in [0.4, 0.5) is 10.6 Å². The molecule has 3 rings (SSSR count). The van der Waals surface area contributed by atoms with Gasteiger partial charge in [0.2, 0.25) is 0 Å². The molecule has 1 amide bonds. The lowest BCUT2D eigenvalue weighted by Crippen LogP contribution is -2.50. The molecule has 23 heavy (non-hydrogen) atoms. The monoisotopic (exact) mass is 320 g/mol. The molecule has 3 N–H and O–H groups in total. The van der Waals surface area contributed by atoms with Crippen LogP contribution in [0, 0.1) is 12.3 Å². The van der Waals surface area contributed by atoms with Gasteiger partial charge in [-0.2, -0.15) is 0 Å². The number of carbonyl (C=O) groups is 1. The molecule has 1 aromatic heterocycles. The van der Waals surface area contributed by atoms with Crippen LogP contribution in [0.2, 0.25) is 0 Å². The number of aromatic nitrogens is 2. The van der Waals surface area contributed by atoms with Gasteiger partial charge >= 0.3 is 6.09 Å². The maximum Gasteiger partial charge on any atom is 0.404 e. The Morgan fingerprint density at radius 2 is 2.17 bits per heavy atom. The van der Waals surface area contributed by atoms with Gasteiger partial charge in [-0.3, -0.25) is 4.98 Å². The van der Waals surface area contributed by atoms with E-state index in [0.29, 0.717) is 5.69 Å². The maximum atomic E-state index is 11.0. The van der Waals surface area contributed by atoms with Gasteiger partial charge in [0, 0.05) is 25.3 Å². The lowest BCUT2D eigenvalue weighted by molar-refractivity contribution is 0.149. The Balaban J connectivity index is 1.73. The fraction of sp³-hybridized carbons (Fsp3) is 0.688. The highest BCUT2D eigenvalue weighted by Gasteiger charge is 2.45. The van der Waals surface area contributed by atoms with Crippen LogP contribution in [0.5, 0.6) is 0 Å². The molecule has 7 nitrogen and oxygen atoms in total. The third-order valence-electron chi connectivity index (χ3n) is 5.36. The number of amides is 1. The van der Waals surface area contributed by atoms with Crippen LogP contribution in [-0.2, 0) is 6.61 Å². The number of rotatable bonds is 3. The number of carboxylic acid groups (broad SMARTS) is 1. The zero-order valence-electron chi connectivity index (χ0n) is 13.5. The van der Waals surface area contributed by atoms with E-state index in [1.807, 2.05) is 6.92 Å². The molecule has 1 aromatic rings. The fourth-order valence-corrected chi connectivity index (χ4v) is 4.13. The number of anilines is 1. The number of nitrogens with one attached hydrogen (secondary N) is 1. The first kappa shape index (κ1) is 16.0. The first-order chi connectivity index (χ1) is 11.0. The third-order valence-corrected chi connectivity index (χ3v) is 5.36. The van der Waals surface area contributed by atoms with Crippen molar-refractivity contribution < 1.29 is 15.0 Å². The minimum atomic E-state index is -0.925. The van der Waals surface area contributed by atoms with E-state index in [1.165, 1.54) is 0 Å². The number of nitrogens with zero attached hydrogens (tertiary/aromatic N) is 3. The highest BCUT2D eigenvalue weighted by molar-refractivity contribution is 5.65. The van der Waals surface area contributed by atoms with E-state index < -0.39 is 6.09 Å². The number of aryl methyl sites for hydroxylation is 1. The Hall–Kier alpha value is -1.89. The summed E-state index contributed by atoms with van der Waals surface area (Å²) in [6.07, 6.45) is 5.72. The van der Waals surface area contributed by atoms with Crippen LogP contribution in [0.3, 0.4) is 0 Å². The van der Waals surface area contributed by atoms with Crippen molar-refractivity contribution in [3.63, 3.8) is 0 Å². The first-order valence-electron chi connectivity index (χ1n) is 8.22. The summed E-state index contributed by atoms with van der Waals surface area (Å²) in [6.45, 7) is 3.42. The molecule has 1 atom stereocenters. The van der Waals surface area contributed by atoms with Crippen molar-refractivity contribution in [3.05, 3.63) is 17.6 Å². The smallest absolute Gasteiger partial charge is 0.404 e. The molecule has 1 saturated heterocycles. The molecule has 1 saturated carbocycles. The Morgan fingerprint density at radius 3 is 2.83 bits per heavy atom. The minimum absolute atomic E-state index is 0.0584. The number of aliphatic hydroxyl groups excluding tert-OH is 1. The van der Waals surface area contributed by atoms with Gasteiger partial charge in [-0.15, -0.1) is 0 Å². The zero-order chi connectivity index (χ0) is 16.4. The first-order valence-corrected chi connectivity index (χ1v) is 8.22. The molecule has 126 valence electrons. The van der Waals surface area contributed by atoms with Crippen molar-refractivity contribution in [1.29, 1.82) is 0 Å². The number of aliphatic hydroxyl groups is 1. The van der Waals surface area contributed by atoms with E-state index in [-0.39, 0.29) is 18.1 Å². The van der Waals surface area contributed by atoms with E-state index in [1.54, 1.807) is 6.20 Å². The van der Waals surface area contributed by atoms with Gasteiger partial charge in [-0.25, -0.2) is 9.78 Å². The Morgan fingerprint density at radius 1 is 1.43 bits per heavy atom. The van der Waals surface area contributed by atoms with Gasteiger partial charge in [0.25, 0.3) is 0 Å². The predicted molar refractivity (Wildman–Crippen MR) is 85.4 cm³/mol. The van der Waals surface area contributed by atoms with E-state index in [2.05, 4.69) is 20.2 Å². The maximum absolute atomic E-state index is 11.0. The van der Waals surface area contributed by atoms with Gasteiger partial charge in [0.1, 0.15) is 5.69 Å². The Kier molecular flexibility index (Phi) is 4.39. The summed E-state index contributed by atoms with van der Waals surface area (Å²) in [5.74, 6) is 0.767. The normalized spacial score (nSPS) is 23.2. The van der Waals surface area contributed by atoms with Crippen molar-refractivity contribution >= 4 is 11.9 Å². The molecule has 0 radical (unpaired) electrons. The van der Waals surface area contributed by atoms with Gasteiger partial charge in [0.05, 0.1) is 12.3 Å². The average molecular weight is 320 g/mol. The standard InChI is InChI=1S/C16H24N4O3/c1-11-9-17-12(10-21)14(18-11)20-7-5-16(6-8-20)4-2-3-13(16)19-15(22)23/h9,13,19,21H,2-8,10H2,1H3,(H,22,23). The van der Waals surface area contributed by atoms with Crippen LogP contribution in [0.1, 0.15) is 43.5 Å². The van der Waals surface area contributed by atoms with E-state index in [0.717, 1.165) is 56.7 Å². The van der Waals surface area contributed by atoms with Gasteiger partial charge in [-0.05, 0) is 38.0 Å². The van der Waals surface area contributed by atoms with Crippen LogP contribution < -0.4 is 10.2 Å². The highest BCUT2D eigenvalue weighted by Crippen LogP contribution is 2.47. The van der Waals surface area contributed by atoms with Crippen molar-refractivity contribution in [3.8, 4) is 0 Å². The van der Waals surface area contributed by atoms with Gasteiger partial charge in [-0.1, -0.05) is 6.42 Å². The summed E-state index contributed by atoms with van der Waals surface area (Å²) in [5.41, 5.74) is 1.52. The van der Waals surface area contributed by atoms with Crippen LogP contribution in [-0.4, -0.2) is 45.4 Å². The largest absolute Gasteiger partial charge is 0.465 e. The number of hydrogen-bond acceptors (Lipinski definition) is 5. The third kappa shape index (κ3) is 3.10. The van der Waals surface area contributed by atoms with Crippen LogP contribution in [0.25, 0.3) is 0 Å². The summed E-state index contributed by atoms with van der Waals surface area (Å²) >= 11 is 0. The molecule has 1 unspecified atom stereocenters. The fourth-order valence-electron chi connectivity index (χ4n) is 4.13. The summed E-state index contributed by atoms with van der Waals surface area (Å²) in [4.78, 5) is 22.0. The lowest BCUT2D eigenvalue weighted by Gasteiger charge is -2.43. The molecular weight excluding hydrogens is 296 g/mol. The lowest BCUT2D eigenvalue weighted by atomic mass is 9.74. The highest BCUT2D eigenvalue weighted by atomic mass is 16.4. The predicted octanol–water partition coefficient (Wildman–Crippen LogP) is 1.68. The van der Waals surface area contributed by atoms with Crippen LogP contribution >= 0.6 is 0 Å². The summed E-state index contributed by atoms with van der Waals surface area (Å²) < 4.78 is 0. The molecule has 2 aliphatic rings. The van der Waals surface area contributed by atoms with E-state index in [9.17, 15) is 9.90 Å². The molecule has 1 aliphatic heterocycles. The minimum Gasteiger partial charge on any atom is -0.465 e. The molecule has 7 heteroatoms. The van der Waals surface area contributed by atoms with E-state index >= 15 is 0 Å². The average Bonchev–Trinajstić information content (AvgIpc) is 2.90. The number of hydrogen-bond donors (Lipinski definition) is 3. The van der Waals surface area contributed by atoms with Crippen molar-refractivity contribution in [2.45, 2.75) is 51.7 Å². The summed E-state index contributed by atoms with van der Waals surface area (Å²) in [6, 6.07) is 0.0584. The molecular formula is C16H24N4O3. The molecule has 1 aliphatic carbocycles. The molecule has 1 spiro atoms. The summed E-state index contributed by atoms with van der Waals surface area (Å²) in [7, 11) is 0. The van der Waals surface area contributed by atoms with Crippen molar-refractivity contribution in [2.75, 3.05) is 18.0 Å². The molecule has 2 heterocycles. The van der Waals surface area contributed by atoms with E-state index in [4.69, 9.17) is 5.11 Å².